The van der Waals surface area contributed by atoms with Gasteiger partial charge in [-0.1, -0.05) is 5.92 Å². The van der Waals surface area contributed by atoms with Crippen molar-refractivity contribution in [1.82, 2.24) is 4.90 Å². The van der Waals surface area contributed by atoms with E-state index in [0.29, 0.717) is 19.5 Å². The Balaban J connectivity index is 2.41. The van der Waals surface area contributed by atoms with E-state index in [4.69, 9.17) is 11.5 Å². The summed E-state index contributed by atoms with van der Waals surface area (Å²) in [4.78, 5) is 1.96. The number of likely N-dealkylation sites (tertiary alicyclic amines) is 1. The summed E-state index contributed by atoms with van der Waals surface area (Å²) >= 11 is 0. The molecular formula is C8H13NO2. The fourth-order valence-corrected chi connectivity index (χ4v) is 1.32. The maximum atomic E-state index is 9.54. The molecule has 0 saturated carbocycles. The van der Waals surface area contributed by atoms with E-state index in [1.54, 1.807) is 0 Å². The smallest absolute Gasteiger partial charge is 0.139 e. The first-order chi connectivity index (χ1) is 5.20. The van der Waals surface area contributed by atoms with Crippen LogP contribution in [0, 0.1) is 12.3 Å². The maximum absolute atomic E-state index is 9.54. The molecule has 1 unspecified atom stereocenters. The van der Waals surface area contributed by atoms with Gasteiger partial charge in [-0.25, -0.2) is 0 Å². The van der Waals surface area contributed by atoms with E-state index in [1.807, 2.05) is 4.90 Å². The first-order valence-electron chi connectivity index (χ1n) is 3.73. The Labute approximate surface area is 66.6 Å². The zero-order valence-corrected chi connectivity index (χ0v) is 6.45. The number of nitrogens with zero attached hydrogens (tertiary/aromatic N) is 1. The van der Waals surface area contributed by atoms with Gasteiger partial charge in [-0.05, 0) is 0 Å². The van der Waals surface area contributed by atoms with Gasteiger partial charge in [-0.3, -0.25) is 4.90 Å². The number of aliphatic hydroxyl groups is 2. The molecule has 1 saturated heterocycles. The van der Waals surface area contributed by atoms with Gasteiger partial charge < -0.3 is 10.2 Å². The van der Waals surface area contributed by atoms with Crippen LogP contribution in [-0.2, 0) is 0 Å². The van der Waals surface area contributed by atoms with Crippen LogP contribution in [0.25, 0.3) is 0 Å². The Morgan fingerprint density at radius 2 is 2.36 bits per heavy atom. The molecule has 0 amide bonds. The Bertz CT molecular complexity index is 175. The SMILES string of the molecule is C#CC1(O)CCN(CCO)C1. The zero-order valence-electron chi connectivity index (χ0n) is 6.45. The molecule has 0 bridgehead atoms. The number of β-amino-alcohol motifs (C(OH)–C–C–N with tert-alkyl or cyclic N) is 2. The van der Waals surface area contributed by atoms with Crippen LogP contribution in [0.15, 0.2) is 0 Å². The number of rotatable bonds is 2. The lowest BCUT2D eigenvalue weighted by Crippen LogP contribution is -2.32. The summed E-state index contributed by atoms with van der Waals surface area (Å²) in [5.74, 6) is 2.36. The molecule has 0 spiro atoms. The van der Waals surface area contributed by atoms with Crippen molar-refractivity contribution in [2.24, 2.45) is 0 Å². The number of aliphatic hydroxyl groups excluding tert-OH is 1. The van der Waals surface area contributed by atoms with Crippen LogP contribution < -0.4 is 0 Å². The third-order valence-electron chi connectivity index (χ3n) is 2.01. The van der Waals surface area contributed by atoms with Gasteiger partial charge in [-0.2, -0.15) is 0 Å². The van der Waals surface area contributed by atoms with Gasteiger partial charge in [-0.15, -0.1) is 6.42 Å². The van der Waals surface area contributed by atoms with Crippen LogP contribution in [-0.4, -0.2) is 47.0 Å². The Hall–Kier alpha value is -0.560. The van der Waals surface area contributed by atoms with E-state index in [0.717, 1.165) is 6.54 Å². The lowest BCUT2D eigenvalue weighted by Gasteiger charge is -2.16. The average Bonchev–Trinajstić information content (AvgIpc) is 2.35. The summed E-state index contributed by atoms with van der Waals surface area (Å²) in [5.41, 5.74) is -0.949. The van der Waals surface area contributed by atoms with E-state index in [9.17, 15) is 5.11 Å². The van der Waals surface area contributed by atoms with Crippen LogP contribution in [0.1, 0.15) is 6.42 Å². The van der Waals surface area contributed by atoms with Crippen molar-refractivity contribution in [2.75, 3.05) is 26.2 Å². The molecule has 0 aromatic carbocycles. The Morgan fingerprint density at radius 1 is 1.64 bits per heavy atom. The molecule has 1 heterocycles. The van der Waals surface area contributed by atoms with Gasteiger partial charge in [0.1, 0.15) is 5.60 Å². The topological polar surface area (TPSA) is 43.7 Å². The second-order valence-corrected chi connectivity index (χ2v) is 2.93. The molecule has 62 valence electrons. The summed E-state index contributed by atoms with van der Waals surface area (Å²) < 4.78 is 0. The van der Waals surface area contributed by atoms with Crippen molar-refractivity contribution in [2.45, 2.75) is 12.0 Å². The zero-order chi connectivity index (χ0) is 8.32. The average molecular weight is 155 g/mol. The van der Waals surface area contributed by atoms with Crippen molar-refractivity contribution < 1.29 is 10.2 Å². The van der Waals surface area contributed by atoms with Crippen LogP contribution in [0.2, 0.25) is 0 Å². The third-order valence-corrected chi connectivity index (χ3v) is 2.01. The van der Waals surface area contributed by atoms with E-state index >= 15 is 0 Å². The minimum Gasteiger partial charge on any atom is -0.395 e. The largest absolute Gasteiger partial charge is 0.395 e. The molecule has 3 heteroatoms. The molecule has 0 aliphatic carbocycles. The predicted octanol–water partition coefficient (Wildman–Crippen LogP) is -0.951. The molecule has 0 aromatic heterocycles. The highest BCUT2D eigenvalue weighted by molar-refractivity contribution is 5.11. The summed E-state index contributed by atoms with van der Waals surface area (Å²) in [6.45, 7) is 2.00. The maximum Gasteiger partial charge on any atom is 0.139 e. The van der Waals surface area contributed by atoms with Gasteiger partial charge >= 0.3 is 0 Å². The molecule has 1 atom stereocenters. The van der Waals surface area contributed by atoms with Gasteiger partial charge in [0.05, 0.1) is 6.61 Å². The summed E-state index contributed by atoms with van der Waals surface area (Å²) in [6.07, 6.45) is 5.75. The highest BCUT2D eigenvalue weighted by atomic mass is 16.3. The molecule has 1 fully saturated rings. The van der Waals surface area contributed by atoms with Crippen LogP contribution in [0.4, 0.5) is 0 Å². The fourth-order valence-electron chi connectivity index (χ4n) is 1.32. The highest BCUT2D eigenvalue weighted by Gasteiger charge is 2.33. The van der Waals surface area contributed by atoms with Crippen molar-refractivity contribution in [3.8, 4) is 12.3 Å². The quantitative estimate of drug-likeness (QED) is 0.505. The first-order valence-corrected chi connectivity index (χ1v) is 3.73. The standard InChI is InChI=1S/C8H13NO2/c1-2-8(11)3-4-9(7-8)5-6-10/h1,10-11H,3-7H2. The summed E-state index contributed by atoms with van der Waals surface area (Å²) in [6, 6.07) is 0. The van der Waals surface area contributed by atoms with E-state index in [2.05, 4.69) is 5.92 Å². The molecule has 0 aromatic rings. The second kappa shape index (κ2) is 3.22. The highest BCUT2D eigenvalue weighted by Crippen LogP contribution is 2.19. The number of hydrogen-bond donors (Lipinski definition) is 2. The van der Waals surface area contributed by atoms with Gasteiger partial charge in [0.25, 0.3) is 0 Å². The molecule has 3 nitrogen and oxygen atoms in total. The van der Waals surface area contributed by atoms with E-state index < -0.39 is 5.60 Å². The van der Waals surface area contributed by atoms with Crippen LogP contribution in [0.5, 0.6) is 0 Å². The van der Waals surface area contributed by atoms with Crippen molar-refractivity contribution in [3.63, 3.8) is 0 Å². The summed E-state index contributed by atoms with van der Waals surface area (Å²) in [7, 11) is 0. The molecule has 1 aliphatic rings. The Kier molecular flexibility index (Phi) is 2.50. The molecule has 2 N–H and O–H groups in total. The molecular weight excluding hydrogens is 142 g/mol. The van der Waals surface area contributed by atoms with E-state index in [1.165, 1.54) is 0 Å². The predicted molar refractivity (Wildman–Crippen MR) is 41.9 cm³/mol. The van der Waals surface area contributed by atoms with E-state index in [-0.39, 0.29) is 6.61 Å². The van der Waals surface area contributed by atoms with Crippen molar-refractivity contribution >= 4 is 0 Å². The normalized spacial score (nSPS) is 32.1. The van der Waals surface area contributed by atoms with Gasteiger partial charge in [0.15, 0.2) is 0 Å². The molecule has 1 rings (SSSR count). The lowest BCUT2D eigenvalue weighted by molar-refractivity contribution is 0.104. The Morgan fingerprint density at radius 3 is 2.82 bits per heavy atom. The fraction of sp³-hybridized carbons (Fsp3) is 0.750. The number of terminal acetylenes is 1. The monoisotopic (exact) mass is 155 g/mol. The number of hydrogen-bond acceptors (Lipinski definition) is 3. The van der Waals surface area contributed by atoms with Crippen LogP contribution in [0.3, 0.4) is 0 Å². The second-order valence-electron chi connectivity index (χ2n) is 2.93. The van der Waals surface area contributed by atoms with Crippen molar-refractivity contribution in [3.05, 3.63) is 0 Å². The molecule has 0 radical (unpaired) electrons. The van der Waals surface area contributed by atoms with Crippen LogP contribution >= 0.6 is 0 Å². The summed E-state index contributed by atoms with van der Waals surface area (Å²) in [5, 5.41) is 18.1. The minimum absolute atomic E-state index is 0.126. The molecule has 11 heavy (non-hydrogen) atoms. The van der Waals surface area contributed by atoms with Crippen molar-refractivity contribution in [1.29, 1.82) is 0 Å². The lowest BCUT2D eigenvalue weighted by atomic mass is 10.1. The van der Waals surface area contributed by atoms with Gasteiger partial charge in [0, 0.05) is 26.1 Å². The third kappa shape index (κ3) is 1.93. The first kappa shape index (κ1) is 8.54. The minimum atomic E-state index is -0.949. The van der Waals surface area contributed by atoms with Gasteiger partial charge in [0.2, 0.25) is 0 Å². The molecule has 1 aliphatic heterocycles.